The summed E-state index contributed by atoms with van der Waals surface area (Å²) in [7, 11) is 0. The van der Waals surface area contributed by atoms with Crippen molar-refractivity contribution in [1.82, 2.24) is 24.8 Å². The average Bonchev–Trinajstić information content (AvgIpc) is 3.47. The molecular weight excluding hydrogens is 390 g/mol. The Morgan fingerprint density at radius 3 is 2.87 bits per heavy atom. The molecule has 0 fully saturated rings. The van der Waals surface area contributed by atoms with Gasteiger partial charge >= 0.3 is 0 Å². The van der Waals surface area contributed by atoms with Gasteiger partial charge in [0.1, 0.15) is 12.2 Å². The number of nitrogens with two attached hydrogens (primary N) is 1. The highest BCUT2D eigenvalue weighted by atomic mass is 16.1. The lowest BCUT2D eigenvalue weighted by molar-refractivity contribution is -0.119. The number of H-pyrrole nitrogens is 1. The van der Waals surface area contributed by atoms with E-state index in [9.17, 15) is 4.79 Å². The van der Waals surface area contributed by atoms with E-state index in [0.29, 0.717) is 0 Å². The Morgan fingerprint density at radius 2 is 2.06 bits per heavy atom. The molecule has 0 spiro atoms. The molecule has 4 heterocycles. The number of benzene rings is 1. The van der Waals surface area contributed by atoms with Crippen LogP contribution in [0.1, 0.15) is 24.0 Å². The Kier molecular flexibility index (Phi) is 4.74. The summed E-state index contributed by atoms with van der Waals surface area (Å²) in [5.41, 5.74) is 10.5. The van der Waals surface area contributed by atoms with Crippen molar-refractivity contribution < 1.29 is 4.79 Å². The third kappa shape index (κ3) is 3.68. The van der Waals surface area contributed by atoms with Gasteiger partial charge in [-0.25, -0.2) is 4.98 Å². The number of aromatic nitrogens is 4. The molecule has 2 unspecified atom stereocenters. The number of hydrogen-bond donors (Lipinski definition) is 2. The second-order valence-electron chi connectivity index (χ2n) is 7.87. The normalized spacial score (nSPS) is 18.2. The fourth-order valence-electron chi connectivity index (χ4n) is 4.08. The number of amides is 1. The Hall–Kier alpha value is -3.94. The van der Waals surface area contributed by atoms with Crippen LogP contribution in [-0.4, -0.2) is 49.5 Å². The molecule has 1 amide bonds. The number of pyridine rings is 1. The van der Waals surface area contributed by atoms with Crippen molar-refractivity contribution in [3.05, 3.63) is 72.3 Å². The number of aromatic amines is 1. The van der Waals surface area contributed by atoms with E-state index in [1.807, 2.05) is 54.6 Å². The highest BCUT2D eigenvalue weighted by Gasteiger charge is 2.29. The predicted octanol–water partition coefficient (Wildman–Crippen LogP) is 2.73. The molecule has 156 valence electrons. The van der Waals surface area contributed by atoms with Crippen LogP contribution >= 0.6 is 0 Å². The van der Waals surface area contributed by atoms with Crippen LogP contribution in [0.2, 0.25) is 0 Å². The van der Waals surface area contributed by atoms with Crippen molar-refractivity contribution in [2.45, 2.75) is 25.4 Å². The molecule has 5 rings (SSSR count). The minimum atomic E-state index is -0.390. The fourth-order valence-corrected chi connectivity index (χ4v) is 4.08. The highest BCUT2D eigenvalue weighted by molar-refractivity contribution is 5.94. The quantitative estimate of drug-likeness (QED) is 0.507. The molecule has 0 radical (unpaired) electrons. The van der Waals surface area contributed by atoms with Gasteiger partial charge in [-0.15, -0.1) is 0 Å². The van der Waals surface area contributed by atoms with Gasteiger partial charge < -0.3 is 10.7 Å². The number of primary amides is 1. The summed E-state index contributed by atoms with van der Waals surface area (Å²) < 4.78 is 1.94. The maximum Gasteiger partial charge on any atom is 0.238 e. The van der Waals surface area contributed by atoms with Gasteiger partial charge in [-0.3, -0.25) is 14.5 Å². The molecule has 31 heavy (non-hydrogen) atoms. The molecule has 1 aliphatic heterocycles. The monoisotopic (exact) mass is 413 g/mol. The van der Waals surface area contributed by atoms with E-state index < -0.39 is 5.91 Å². The van der Waals surface area contributed by atoms with Crippen molar-refractivity contribution >= 4 is 23.2 Å². The Bertz CT molecular complexity index is 1260. The molecular formula is C23H23N7O. The second-order valence-corrected chi connectivity index (χ2v) is 7.87. The Balaban J connectivity index is 1.43. The Labute approximate surface area is 179 Å². The van der Waals surface area contributed by atoms with E-state index >= 15 is 0 Å². The van der Waals surface area contributed by atoms with E-state index in [0.717, 1.165) is 34.3 Å². The summed E-state index contributed by atoms with van der Waals surface area (Å²) in [5, 5.41) is 11.7. The number of nitrogens with one attached hydrogen (secondary N) is 1. The highest BCUT2D eigenvalue weighted by Crippen LogP contribution is 2.32. The number of carbonyl (C=O) groups excluding carboxylic acids is 1. The molecule has 8 heteroatoms. The van der Waals surface area contributed by atoms with Gasteiger partial charge in [-0.2, -0.15) is 10.2 Å². The van der Waals surface area contributed by atoms with Crippen LogP contribution < -0.4 is 5.73 Å². The number of rotatable bonds is 6. The molecule has 8 nitrogen and oxygen atoms in total. The molecule has 0 saturated heterocycles. The van der Waals surface area contributed by atoms with Crippen LogP contribution in [-0.2, 0) is 11.3 Å². The third-order valence-electron chi connectivity index (χ3n) is 5.75. The van der Waals surface area contributed by atoms with E-state index in [1.54, 1.807) is 5.01 Å². The van der Waals surface area contributed by atoms with Crippen LogP contribution in [0.4, 0.5) is 0 Å². The van der Waals surface area contributed by atoms with Gasteiger partial charge in [-0.05, 0) is 24.1 Å². The van der Waals surface area contributed by atoms with E-state index in [1.165, 1.54) is 5.56 Å². The lowest BCUT2D eigenvalue weighted by Crippen LogP contribution is -2.35. The minimum absolute atomic E-state index is 0.0303. The van der Waals surface area contributed by atoms with Gasteiger partial charge in [-0.1, -0.05) is 30.3 Å². The first-order valence-electron chi connectivity index (χ1n) is 10.2. The molecule has 3 aromatic heterocycles. The van der Waals surface area contributed by atoms with E-state index in [-0.39, 0.29) is 18.5 Å². The molecule has 0 aliphatic carbocycles. The number of hydrazone groups is 1. The number of hydrogen-bond acceptors (Lipinski definition) is 5. The first-order valence-corrected chi connectivity index (χ1v) is 10.2. The Morgan fingerprint density at radius 1 is 1.23 bits per heavy atom. The van der Waals surface area contributed by atoms with Gasteiger partial charge in [0.25, 0.3) is 0 Å². The zero-order valence-electron chi connectivity index (χ0n) is 17.1. The second kappa shape index (κ2) is 7.71. The summed E-state index contributed by atoms with van der Waals surface area (Å²) in [5.74, 6) is -0.349. The maximum absolute atomic E-state index is 11.3. The smallest absolute Gasteiger partial charge is 0.238 e. The van der Waals surface area contributed by atoms with E-state index in [2.05, 4.69) is 44.6 Å². The zero-order chi connectivity index (χ0) is 21.4. The van der Waals surface area contributed by atoms with Crippen LogP contribution in [0.5, 0.6) is 0 Å². The lowest BCUT2D eigenvalue weighted by Gasteiger charge is -2.23. The van der Waals surface area contributed by atoms with Crippen LogP contribution in [0.15, 0.2) is 66.3 Å². The summed E-state index contributed by atoms with van der Waals surface area (Å²) in [6.07, 6.45) is 9.63. The van der Waals surface area contributed by atoms with Crippen LogP contribution in [0.3, 0.4) is 0 Å². The summed E-state index contributed by atoms with van der Waals surface area (Å²) in [4.78, 5) is 19.2. The van der Waals surface area contributed by atoms with Crippen molar-refractivity contribution in [2.75, 3.05) is 6.54 Å². The zero-order valence-corrected chi connectivity index (χ0v) is 17.1. The van der Waals surface area contributed by atoms with Crippen molar-refractivity contribution in [2.24, 2.45) is 10.8 Å². The van der Waals surface area contributed by atoms with Crippen molar-refractivity contribution in [1.29, 1.82) is 0 Å². The number of carbonyl (C=O) groups is 1. The summed E-state index contributed by atoms with van der Waals surface area (Å²) in [6.45, 7) is 2.87. The average molecular weight is 413 g/mol. The van der Waals surface area contributed by atoms with Gasteiger partial charge in [0.05, 0.1) is 18.8 Å². The molecule has 0 bridgehead atoms. The van der Waals surface area contributed by atoms with Gasteiger partial charge in [0.15, 0.2) is 0 Å². The van der Waals surface area contributed by atoms with Crippen molar-refractivity contribution in [3.63, 3.8) is 0 Å². The molecule has 4 aromatic rings. The molecule has 1 aliphatic rings. The SMILES string of the molecule is CC1C(c2cnc3[nH]cc(-c4cnn(Cc5ccccc5)c4)c3c2)C=NN1CC(N)=O. The molecule has 1 aromatic carbocycles. The molecule has 0 saturated carbocycles. The van der Waals surface area contributed by atoms with Crippen LogP contribution in [0, 0.1) is 0 Å². The van der Waals surface area contributed by atoms with Crippen LogP contribution in [0.25, 0.3) is 22.2 Å². The molecule has 3 N–H and O–H groups in total. The minimum Gasteiger partial charge on any atom is -0.368 e. The fraction of sp³-hybridized carbons (Fsp3) is 0.217. The summed E-state index contributed by atoms with van der Waals surface area (Å²) in [6, 6.07) is 12.4. The number of fused-ring (bicyclic) bond motifs is 1. The largest absolute Gasteiger partial charge is 0.368 e. The first-order chi connectivity index (χ1) is 15.1. The summed E-state index contributed by atoms with van der Waals surface area (Å²) >= 11 is 0. The lowest BCUT2D eigenvalue weighted by atomic mass is 9.94. The van der Waals surface area contributed by atoms with Crippen molar-refractivity contribution in [3.8, 4) is 11.1 Å². The number of nitrogens with zero attached hydrogens (tertiary/aromatic N) is 5. The maximum atomic E-state index is 11.3. The predicted molar refractivity (Wildman–Crippen MR) is 119 cm³/mol. The van der Waals surface area contributed by atoms with Gasteiger partial charge in [0.2, 0.25) is 5.91 Å². The molecule has 2 atom stereocenters. The first kappa shape index (κ1) is 19.0. The standard InChI is InChI=1S/C23H23N7O/c1-15-20(11-28-30(15)14-22(24)31)17-7-19-21(10-26-23(19)25-8-17)18-9-27-29(13-18)12-16-5-3-2-4-6-16/h2-11,13,15,20H,12,14H2,1H3,(H2,24,31)(H,25,26). The third-order valence-corrected chi connectivity index (χ3v) is 5.75. The van der Waals surface area contributed by atoms with Gasteiger partial charge in [0, 0.05) is 47.2 Å². The van der Waals surface area contributed by atoms with E-state index in [4.69, 9.17) is 5.73 Å². The topological polar surface area (TPSA) is 105 Å².